The van der Waals surface area contributed by atoms with Crippen LogP contribution in [-0.4, -0.2) is 12.0 Å². The summed E-state index contributed by atoms with van der Waals surface area (Å²) in [7, 11) is 1.91. The van der Waals surface area contributed by atoms with Crippen LogP contribution >= 0.6 is 54.8 Å². The first kappa shape index (κ1) is 13.5. The molecule has 17 heavy (non-hydrogen) atoms. The second-order valence-electron chi connectivity index (χ2n) is 3.38. The van der Waals surface area contributed by atoms with Crippen LogP contribution in [0, 0.1) is 0 Å². The molecule has 0 aliphatic carbocycles. The van der Waals surface area contributed by atoms with Crippen LogP contribution in [0.4, 0.5) is 0 Å². The molecule has 0 radical (unpaired) electrons. The highest BCUT2D eigenvalue weighted by molar-refractivity contribution is 9.11. The van der Waals surface area contributed by atoms with Gasteiger partial charge in [-0.3, -0.25) is 4.98 Å². The standard InChI is InChI=1S/C11H9Br2ClN2S/c1-15-11(8-2-3-9(14)17-8)10-7(13)4-6(12)5-16-10/h2-5,11,15H,1H3. The third-order valence-electron chi connectivity index (χ3n) is 2.28. The van der Waals surface area contributed by atoms with E-state index in [1.54, 1.807) is 17.5 Å². The lowest BCUT2D eigenvalue weighted by molar-refractivity contribution is 0.678. The van der Waals surface area contributed by atoms with E-state index in [0.717, 1.165) is 23.9 Å². The van der Waals surface area contributed by atoms with E-state index in [-0.39, 0.29) is 6.04 Å². The Morgan fingerprint density at radius 3 is 2.71 bits per heavy atom. The number of hydrogen-bond donors (Lipinski definition) is 1. The van der Waals surface area contributed by atoms with E-state index >= 15 is 0 Å². The lowest BCUT2D eigenvalue weighted by atomic mass is 10.1. The van der Waals surface area contributed by atoms with Crippen molar-refractivity contribution in [2.24, 2.45) is 0 Å². The minimum atomic E-state index is 0.0509. The van der Waals surface area contributed by atoms with Crippen molar-refractivity contribution in [1.82, 2.24) is 10.3 Å². The smallest absolute Gasteiger partial charge is 0.0931 e. The number of pyridine rings is 1. The molecular weight excluding hydrogens is 387 g/mol. The van der Waals surface area contributed by atoms with Gasteiger partial charge < -0.3 is 5.32 Å². The number of aromatic nitrogens is 1. The van der Waals surface area contributed by atoms with Crippen LogP contribution < -0.4 is 5.32 Å². The maximum atomic E-state index is 5.97. The highest BCUT2D eigenvalue weighted by atomic mass is 79.9. The number of rotatable bonds is 3. The molecule has 2 heterocycles. The quantitative estimate of drug-likeness (QED) is 0.818. The molecule has 0 fully saturated rings. The number of nitrogens with zero attached hydrogens (tertiary/aromatic N) is 1. The van der Waals surface area contributed by atoms with Gasteiger partial charge in [0.25, 0.3) is 0 Å². The summed E-state index contributed by atoms with van der Waals surface area (Å²) in [6.07, 6.45) is 1.79. The summed E-state index contributed by atoms with van der Waals surface area (Å²) in [5.74, 6) is 0. The molecule has 2 aromatic heterocycles. The molecule has 2 rings (SSSR count). The van der Waals surface area contributed by atoms with Gasteiger partial charge in [-0.1, -0.05) is 11.6 Å². The average molecular weight is 397 g/mol. The summed E-state index contributed by atoms with van der Waals surface area (Å²) in [4.78, 5) is 5.59. The highest BCUT2D eigenvalue weighted by Crippen LogP contribution is 2.33. The molecule has 0 bridgehead atoms. The van der Waals surface area contributed by atoms with E-state index in [1.165, 1.54) is 0 Å². The lowest BCUT2D eigenvalue weighted by Crippen LogP contribution is -2.18. The molecule has 0 amide bonds. The van der Waals surface area contributed by atoms with Crippen LogP contribution in [-0.2, 0) is 0 Å². The third kappa shape index (κ3) is 3.09. The van der Waals surface area contributed by atoms with Gasteiger partial charge in [-0.05, 0) is 57.1 Å². The molecule has 90 valence electrons. The minimum Gasteiger partial charge on any atom is -0.307 e. The highest BCUT2D eigenvalue weighted by Gasteiger charge is 2.18. The summed E-state index contributed by atoms with van der Waals surface area (Å²) in [5.41, 5.74) is 0.953. The summed E-state index contributed by atoms with van der Waals surface area (Å²) in [6.45, 7) is 0. The normalized spacial score (nSPS) is 12.7. The van der Waals surface area contributed by atoms with Crippen molar-refractivity contribution < 1.29 is 0 Å². The van der Waals surface area contributed by atoms with Crippen LogP contribution in [0.5, 0.6) is 0 Å². The van der Waals surface area contributed by atoms with Crippen molar-refractivity contribution in [3.05, 3.63) is 48.2 Å². The SMILES string of the molecule is CNC(c1ccc(Cl)s1)c1ncc(Br)cc1Br. The average Bonchev–Trinajstić information content (AvgIpc) is 2.69. The zero-order valence-corrected chi connectivity index (χ0v) is 13.6. The molecule has 0 saturated carbocycles. The van der Waals surface area contributed by atoms with Gasteiger partial charge >= 0.3 is 0 Å². The third-order valence-corrected chi connectivity index (χ3v) is 4.64. The van der Waals surface area contributed by atoms with E-state index in [1.807, 2.05) is 25.2 Å². The molecule has 2 aromatic rings. The Bertz CT molecular complexity index is 530. The van der Waals surface area contributed by atoms with Crippen LogP contribution in [0.2, 0.25) is 4.34 Å². The van der Waals surface area contributed by atoms with E-state index in [9.17, 15) is 0 Å². The van der Waals surface area contributed by atoms with Gasteiger partial charge in [-0.25, -0.2) is 0 Å². The predicted molar refractivity (Wildman–Crippen MR) is 79.9 cm³/mol. The van der Waals surface area contributed by atoms with E-state index in [4.69, 9.17) is 11.6 Å². The monoisotopic (exact) mass is 394 g/mol. The molecular formula is C11H9Br2ClN2S. The minimum absolute atomic E-state index is 0.0509. The van der Waals surface area contributed by atoms with Gasteiger partial charge in [0, 0.05) is 20.0 Å². The first-order valence-electron chi connectivity index (χ1n) is 4.85. The van der Waals surface area contributed by atoms with Gasteiger partial charge in [0.15, 0.2) is 0 Å². The molecule has 0 aliphatic rings. The fraction of sp³-hybridized carbons (Fsp3) is 0.182. The Balaban J connectivity index is 2.42. The molecule has 1 atom stereocenters. The molecule has 0 aliphatic heterocycles. The first-order valence-corrected chi connectivity index (χ1v) is 7.63. The van der Waals surface area contributed by atoms with Crippen molar-refractivity contribution >= 4 is 54.8 Å². The zero-order valence-electron chi connectivity index (χ0n) is 8.88. The molecule has 1 N–H and O–H groups in total. The Morgan fingerprint density at radius 2 is 2.18 bits per heavy atom. The van der Waals surface area contributed by atoms with E-state index in [2.05, 4.69) is 42.2 Å². The van der Waals surface area contributed by atoms with Crippen LogP contribution in [0.25, 0.3) is 0 Å². The Morgan fingerprint density at radius 1 is 1.41 bits per heavy atom. The summed E-state index contributed by atoms with van der Waals surface area (Å²) in [6, 6.07) is 5.96. The second-order valence-corrected chi connectivity index (χ2v) is 6.90. The summed E-state index contributed by atoms with van der Waals surface area (Å²) in [5, 5.41) is 3.25. The summed E-state index contributed by atoms with van der Waals surface area (Å²) < 4.78 is 2.71. The van der Waals surface area contributed by atoms with E-state index in [0.29, 0.717) is 0 Å². The Hall–Kier alpha value is 0.0600. The predicted octanol–water partition coefficient (Wildman–Crippen LogP) is 4.63. The van der Waals surface area contributed by atoms with Gasteiger partial charge in [0.1, 0.15) is 0 Å². The number of nitrogens with one attached hydrogen (secondary N) is 1. The molecule has 0 saturated heterocycles. The number of halogens is 3. The molecule has 0 spiro atoms. The van der Waals surface area contributed by atoms with Crippen molar-refractivity contribution in [1.29, 1.82) is 0 Å². The van der Waals surface area contributed by atoms with Crippen LogP contribution in [0.3, 0.4) is 0 Å². The maximum Gasteiger partial charge on any atom is 0.0931 e. The van der Waals surface area contributed by atoms with Crippen LogP contribution in [0.1, 0.15) is 16.6 Å². The topological polar surface area (TPSA) is 24.9 Å². The maximum absolute atomic E-state index is 5.97. The van der Waals surface area contributed by atoms with Crippen molar-refractivity contribution in [3.8, 4) is 0 Å². The number of thiophene rings is 1. The van der Waals surface area contributed by atoms with Gasteiger partial charge in [-0.2, -0.15) is 0 Å². The van der Waals surface area contributed by atoms with Gasteiger partial charge in [-0.15, -0.1) is 11.3 Å². The van der Waals surface area contributed by atoms with Crippen molar-refractivity contribution in [2.75, 3.05) is 7.05 Å². The molecule has 2 nitrogen and oxygen atoms in total. The largest absolute Gasteiger partial charge is 0.307 e. The number of hydrogen-bond acceptors (Lipinski definition) is 3. The van der Waals surface area contributed by atoms with Crippen molar-refractivity contribution in [2.45, 2.75) is 6.04 Å². The zero-order chi connectivity index (χ0) is 12.4. The molecule has 6 heteroatoms. The van der Waals surface area contributed by atoms with E-state index < -0.39 is 0 Å². The Labute approximate surface area is 126 Å². The molecule has 0 aromatic carbocycles. The van der Waals surface area contributed by atoms with Gasteiger partial charge in [0.2, 0.25) is 0 Å². The van der Waals surface area contributed by atoms with Crippen LogP contribution in [0.15, 0.2) is 33.3 Å². The fourth-order valence-electron chi connectivity index (χ4n) is 1.53. The fourth-order valence-corrected chi connectivity index (χ4v) is 3.93. The van der Waals surface area contributed by atoms with Gasteiger partial charge in [0.05, 0.1) is 16.1 Å². The van der Waals surface area contributed by atoms with Crippen molar-refractivity contribution in [3.63, 3.8) is 0 Å². The Kier molecular flexibility index (Phi) is 4.60. The first-order chi connectivity index (χ1) is 8.11. The lowest BCUT2D eigenvalue weighted by Gasteiger charge is -2.15. The second kappa shape index (κ2) is 5.80. The molecule has 1 unspecified atom stereocenters. The summed E-state index contributed by atoms with van der Waals surface area (Å²) >= 11 is 14.5.